The number of thiazole rings is 1. The molecule has 2 aromatic rings. The summed E-state index contributed by atoms with van der Waals surface area (Å²) in [6, 6.07) is 5.82. The fourth-order valence-electron chi connectivity index (χ4n) is 1.22. The van der Waals surface area contributed by atoms with E-state index in [1.54, 1.807) is 6.20 Å². The van der Waals surface area contributed by atoms with E-state index in [1.807, 2.05) is 25.1 Å². The third-order valence-corrected chi connectivity index (χ3v) is 3.46. The zero-order chi connectivity index (χ0) is 10.8. The summed E-state index contributed by atoms with van der Waals surface area (Å²) in [5, 5.41) is 1.22. The van der Waals surface area contributed by atoms with Gasteiger partial charge in [0.2, 0.25) is 0 Å². The Hall–Kier alpha value is -1.19. The van der Waals surface area contributed by atoms with Gasteiger partial charge in [0, 0.05) is 11.2 Å². The maximum atomic E-state index is 10.5. The van der Waals surface area contributed by atoms with Gasteiger partial charge < -0.3 is 0 Å². The molecule has 2 rings (SSSR count). The molecule has 15 heavy (non-hydrogen) atoms. The molecule has 0 radical (unpaired) electrons. The molecule has 0 fully saturated rings. The molecular formula is C11H8ClNOS. The van der Waals surface area contributed by atoms with Crippen molar-refractivity contribution in [2.75, 3.05) is 0 Å². The van der Waals surface area contributed by atoms with Crippen molar-refractivity contribution in [1.82, 2.24) is 4.98 Å². The van der Waals surface area contributed by atoms with E-state index in [9.17, 15) is 4.79 Å². The Morgan fingerprint density at radius 2 is 2.27 bits per heavy atom. The third kappa shape index (κ3) is 2.08. The van der Waals surface area contributed by atoms with Crippen molar-refractivity contribution in [3.05, 3.63) is 40.0 Å². The summed E-state index contributed by atoms with van der Waals surface area (Å²) in [6.07, 6.45) is 2.44. The molecule has 0 saturated heterocycles. The first-order valence-corrected chi connectivity index (χ1v) is 5.57. The predicted molar refractivity (Wildman–Crippen MR) is 62.7 cm³/mol. The van der Waals surface area contributed by atoms with E-state index in [0.717, 1.165) is 27.3 Å². The summed E-state index contributed by atoms with van der Waals surface area (Å²) >= 11 is 7.38. The average Bonchev–Trinajstić information content (AvgIpc) is 2.70. The van der Waals surface area contributed by atoms with E-state index in [-0.39, 0.29) is 0 Å². The van der Waals surface area contributed by atoms with Crippen LogP contribution in [0.4, 0.5) is 0 Å². The smallest absolute Gasteiger partial charge is 0.178 e. The fraction of sp³-hybridized carbons (Fsp3) is 0.0909. The van der Waals surface area contributed by atoms with Crippen molar-refractivity contribution < 1.29 is 4.79 Å². The first-order chi connectivity index (χ1) is 7.20. The highest BCUT2D eigenvalue weighted by molar-refractivity contribution is 7.16. The number of nitrogens with zero attached hydrogens (tertiary/aromatic N) is 1. The Morgan fingerprint density at radius 1 is 1.47 bits per heavy atom. The number of rotatable bonds is 2. The Bertz CT molecular complexity index is 507. The number of aldehydes is 1. The number of halogens is 1. The minimum atomic E-state index is 0.488. The minimum absolute atomic E-state index is 0.488. The van der Waals surface area contributed by atoms with Crippen molar-refractivity contribution in [3.63, 3.8) is 0 Å². The lowest BCUT2D eigenvalue weighted by atomic mass is 10.1. The normalized spacial score (nSPS) is 10.3. The molecule has 0 aliphatic carbocycles. The van der Waals surface area contributed by atoms with E-state index in [0.29, 0.717) is 5.01 Å². The van der Waals surface area contributed by atoms with Crippen molar-refractivity contribution in [2.45, 2.75) is 6.92 Å². The maximum Gasteiger partial charge on any atom is 0.178 e. The molecule has 0 unspecified atom stereocenters. The monoisotopic (exact) mass is 237 g/mol. The van der Waals surface area contributed by atoms with E-state index in [1.165, 1.54) is 11.3 Å². The van der Waals surface area contributed by atoms with Crippen LogP contribution in [0.3, 0.4) is 0 Å². The van der Waals surface area contributed by atoms with Crippen LogP contribution in [-0.2, 0) is 0 Å². The molecule has 0 saturated carbocycles. The average molecular weight is 238 g/mol. The van der Waals surface area contributed by atoms with Gasteiger partial charge in [-0.3, -0.25) is 4.79 Å². The summed E-state index contributed by atoms with van der Waals surface area (Å²) in [4.78, 5) is 15.4. The molecule has 0 spiro atoms. The topological polar surface area (TPSA) is 30.0 Å². The Labute approximate surface area is 96.5 Å². The second kappa shape index (κ2) is 4.13. The first-order valence-electron chi connectivity index (χ1n) is 4.38. The van der Waals surface area contributed by atoms with Gasteiger partial charge in [-0.1, -0.05) is 23.7 Å². The van der Waals surface area contributed by atoms with Gasteiger partial charge in [0.25, 0.3) is 0 Å². The number of aryl methyl sites for hydroxylation is 1. The molecule has 0 bridgehead atoms. The lowest BCUT2D eigenvalue weighted by molar-refractivity contribution is 0.112. The summed E-state index contributed by atoms with van der Waals surface area (Å²) < 4.78 is 0. The van der Waals surface area contributed by atoms with Gasteiger partial charge in [0.05, 0.1) is 4.88 Å². The van der Waals surface area contributed by atoms with Crippen LogP contribution < -0.4 is 0 Å². The number of carbonyl (C=O) groups excluding carboxylic acids is 1. The lowest BCUT2D eigenvalue weighted by Crippen LogP contribution is -1.76. The largest absolute Gasteiger partial charge is 0.295 e. The Morgan fingerprint density at radius 3 is 2.87 bits per heavy atom. The van der Waals surface area contributed by atoms with Crippen molar-refractivity contribution in [1.29, 1.82) is 0 Å². The van der Waals surface area contributed by atoms with E-state index >= 15 is 0 Å². The summed E-state index contributed by atoms with van der Waals surface area (Å²) in [5.41, 5.74) is 2.04. The SMILES string of the molecule is Cc1ccc(-c2cnc(C=O)s2)cc1Cl. The molecular weight excluding hydrogens is 230 g/mol. The highest BCUT2D eigenvalue weighted by atomic mass is 35.5. The number of aromatic nitrogens is 1. The van der Waals surface area contributed by atoms with Crippen molar-refractivity contribution in [2.24, 2.45) is 0 Å². The zero-order valence-electron chi connectivity index (χ0n) is 8.03. The molecule has 1 aromatic heterocycles. The van der Waals surface area contributed by atoms with Crippen LogP contribution in [0.15, 0.2) is 24.4 Å². The quantitative estimate of drug-likeness (QED) is 0.748. The number of benzene rings is 1. The third-order valence-electron chi connectivity index (χ3n) is 2.08. The zero-order valence-corrected chi connectivity index (χ0v) is 9.60. The molecule has 0 N–H and O–H groups in total. The van der Waals surface area contributed by atoms with Crippen LogP contribution in [0.5, 0.6) is 0 Å². The van der Waals surface area contributed by atoms with E-state index in [4.69, 9.17) is 11.6 Å². The summed E-state index contributed by atoms with van der Waals surface area (Å²) in [5.74, 6) is 0. The first kappa shape index (κ1) is 10.3. The van der Waals surface area contributed by atoms with E-state index in [2.05, 4.69) is 4.98 Å². The van der Waals surface area contributed by atoms with Crippen LogP contribution in [0.1, 0.15) is 15.4 Å². The number of hydrogen-bond donors (Lipinski definition) is 0. The van der Waals surface area contributed by atoms with Gasteiger partial charge in [0.15, 0.2) is 11.3 Å². The van der Waals surface area contributed by atoms with Gasteiger partial charge in [-0.25, -0.2) is 4.98 Å². The summed E-state index contributed by atoms with van der Waals surface area (Å²) in [7, 11) is 0. The van der Waals surface area contributed by atoms with Crippen LogP contribution in [0.25, 0.3) is 10.4 Å². The molecule has 1 heterocycles. The van der Waals surface area contributed by atoms with Gasteiger partial charge >= 0.3 is 0 Å². The molecule has 0 atom stereocenters. The summed E-state index contributed by atoms with van der Waals surface area (Å²) in [6.45, 7) is 1.95. The van der Waals surface area contributed by atoms with Crippen molar-refractivity contribution in [3.8, 4) is 10.4 Å². The minimum Gasteiger partial charge on any atom is -0.295 e. The molecule has 0 aliphatic heterocycles. The van der Waals surface area contributed by atoms with Crippen LogP contribution in [-0.4, -0.2) is 11.3 Å². The van der Waals surface area contributed by atoms with Gasteiger partial charge in [-0.2, -0.15) is 0 Å². The highest BCUT2D eigenvalue weighted by Crippen LogP contribution is 2.28. The second-order valence-electron chi connectivity index (χ2n) is 3.14. The lowest BCUT2D eigenvalue weighted by Gasteiger charge is -2.00. The maximum absolute atomic E-state index is 10.5. The molecule has 1 aromatic carbocycles. The Kier molecular flexibility index (Phi) is 2.84. The highest BCUT2D eigenvalue weighted by Gasteiger charge is 2.05. The van der Waals surface area contributed by atoms with Gasteiger partial charge in [-0.05, 0) is 24.1 Å². The predicted octanol–water partition coefficient (Wildman–Crippen LogP) is 3.58. The van der Waals surface area contributed by atoms with Gasteiger partial charge in [0.1, 0.15) is 0 Å². The standard InChI is InChI=1S/C11H8ClNOS/c1-7-2-3-8(4-9(7)12)10-5-13-11(6-14)15-10/h2-6H,1H3. The second-order valence-corrected chi connectivity index (χ2v) is 4.61. The molecule has 0 aliphatic rings. The molecule has 0 amide bonds. The number of carbonyl (C=O) groups is 1. The van der Waals surface area contributed by atoms with E-state index < -0.39 is 0 Å². The molecule has 2 nitrogen and oxygen atoms in total. The molecule has 76 valence electrons. The number of hydrogen-bond acceptors (Lipinski definition) is 3. The molecule has 4 heteroatoms. The van der Waals surface area contributed by atoms with Crippen LogP contribution in [0, 0.1) is 6.92 Å². The Balaban J connectivity index is 2.44. The van der Waals surface area contributed by atoms with Gasteiger partial charge in [-0.15, -0.1) is 11.3 Å². The fourth-order valence-corrected chi connectivity index (χ4v) is 2.13. The van der Waals surface area contributed by atoms with Crippen LogP contribution in [0.2, 0.25) is 5.02 Å². The van der Waals surface area contributed by atoms with Crippen LogP contribution >= 0.6 is 22.9 Å². The van der Waals surface area contributed by atoms with Crippen molar-refractivity contribution >= 4 is 29.2 Å².